The average Bonchev–Trinajstić information content (AvgIpc) is 3.55. The van der Waals surface area contributed by atoms with Crippen LogP contribution in [0.2, 0.25) is 0 Å². The van der Waals surface area contributed by atoms with Gasteiger partial charge in [-0.1, -0.05) is 44.2 Å². The first-order valence-electron chi connectivity index (χ1n) is 22.0. The van der Waals surface area contributed by atoms with Crippen LogP contribution >= 0.6 is 0 Å². The molecule has 1 aromatic heterocycles. The molecule has 4 fully saturated rings. The Morgan fingerprint density at radius 1 is 0.984 bits per heavy atom. The second-order valence-electron chi connectivity index (χ2n) is 18.7. The van der Waals surface area contributed by atoms with Crippen molar-refractivity contribution in [1.82, 2.24) is 14.8 Å². The molecule has 1 saturated carbocycles. The maximum absolute atomic E-state index is 15.4. The van der Waals surface area contributed by atoms with Gasteiger partial charge >= 0.3 is 28.3 Å². The molecule has 18 heteroatoms. The molecule has 64 heavy (non-hydrogen) atoms. The van der Waals surface area contributed by atoms with Gasteiger partial charge in [0.05, 0.1) is 33.5 Å². The highest BCUT2D eigenvalue weighted by Crippen LogP contribution is 2.68. The Balaban J connectivity index is 0.000000984. The van der Waals surface area contributed by atoms with E-state index in [1.54, 1.807) is 7.11 Å². The van der Waals surface area contributed by atoms with Crippen molar-refractivity contribution in [2.75, 3.05) is 66.0 Å². The van der Waals surface area contributed by atoms with Crippen LogP contribution in [-0.4, -0.2) is 152 Å². The lowest BCUT2D eigenvalue weighted by Gasteiger charge is -2.63. The molecule has 17 nitrogen and oxygen atoms in total. The Bertz CT molecular complexity index is 2560. The zero-order chi connectivity index (χ0) is 45.9. The van der Waals surface area contributed by atoms with Crippen LogP contribution in [0.4, 0.5) is 5.69 Å². The Labute approximate surface area is 372 Å². The molecule has 6 aliphatic heterocycles. The number of piperidine rings is 1. The van der Waals surface area contributed by atoms with Gasteiger partial charge in [-0.25, -0.2) is 4.79 Å². The summed E-state index contributed by atoms with van der Waals surface area (Å²) in [4.78, 5) is 53.5. The molecule has 7 aliphatic rings. The molecular weight excluding hydrogens is 849 g/mol. The fraction of sp³-hybridized carbons (Fsp3) is 0.587. The summed E-state index contributed by atoms with van der Waals surface area (Å²) < 4.78 is 62.3. The molecule has 4 N–H and O–H groups in total. The van der Waals surface area contributed by atoms with E-state index < -0.39 is 62.3 Å². The Morgan fingerprint density at radius 2 is 1.70 bits per heavy atom. The molecule has 0 amide bonds. The number of anilines is 1. The summed E-state index contributed by atoms with van der Waals surface area (Å²) in [5, 5.41) is 14.4. The minimum atomic E-state index is -4.67. The summed E-state index contributed by atoms with van der Waals surface area (Å²) in [5.74, 6) is -1.37. The van der Waals surface area contributed by atoms with Crippen LogP contribution in [0.5, 0.6) is 5.75 Å². The van der Waals surface area contributed by atoms with Crippen molar-refractivity contribution in [3.63, 3.8) is 0 Å². The molecule has 2 bridgehead atoms. The second-order valence-corrected chi connectivity index (χ2v) is 19.6. The fourth-order valence-electron chi connectivity index (χ4n) is 13.9. The smallest absolute Gasteiger partial charge is 0.394 e. The first-order chi connectivity index (χ1) is 30.3. The molecule has 3 saturated heterocycles. The van der Waals surface area contributed by atoms with Crippen molar-refractivity contribution in [1.29, 1.82) is 0 Å². The molecule has 7 heterocycles. The minimum absolute atomic E-state index is 0.00603. The fourth-order valence-corrected chi connectivity index (χ4v) is 13.9. The van der Waals surface area contributed by atoms with Gasteiger partial charge in [-0.2, -0.15) is 8.42 Å². The number of aromatic amines is 1. The predicted molar refractivity (Wildman–Crippen MR) is 233 cm³/mol. The van der Waals surface area contributed by atoms with Crippen molar-refractivity contribution in [3.8, 4) is 5.75 Å². The van der Waals surface area contributed by atoms with Gasteiger partial charge in [-0.05, 0) is 61.9 Å². The van der Waals surface area contributed by atoms with Crippen LogP contribution < -0.4 is 9.64 Å². The summed E-state index contributed by atoms with van der Waals surface area (Å²) >= 11 is 0. The Morgan fingerprint density at radius 3 is 2.36 bits per heavy atom. The number of esters is 3. The number of carbonyl (C=O) groups excluding carboxylic acids is 3. The van der Waals surface area contributed by atoms with E-state index in [9.17, 15) is 14.7 Å². The predicted octanol–water partition coefficient (Wildman–Crippen LogP) is 3.35. The number of nitrogens with zero attached hydrogens (tertiary/aromatic N) is 3. The van der Waals surface area contributed by atoms with Crippen molar-refractivity contribution in [2.24, 2.45) is 11.3 Å². The third-order valence-corrected chi connectivity index (χ3v) is 16.0. The van der Waals surface area contributed by atoms with Crippen LogP contribution in [-0.2, 0) is 61.0 Å². The molecule has 2 aromatic carbocycles. The van der Waals surface area contributed by atoms with Crippen molar-refractivity contribution < 1.29 is 60.7 Å². The van der Waals surface area contributed by atoms with E-state index in [2.05, 4.69) is 52.1 Å². The van der Waals surface area contributed by atoms with E-state index in [1.165, 1.54) is 21.1 Å². The van der Waals surface area contributed by atoms with Gasteiger partial charge < -0.3 is 38.7 Å². The number of aliphatic hydroxyl groups is 1. The number of aromatic nitrogens is 1. The Kier molecular flexibility index (Phi) is 10.6. The molecule has 1 aliphatic carbocycles. The number of fused-ring (bicyclic) bond motifs is 8. The van der Waals surface area contributed by atoms with Crippen LogP contribution in [0.25, 0.3) is 10.9 Å². The molecule has 1 spiro atoms. The molecule has 10 rings (SSSR count). The summed E-state index contributed by atoms with van der Waals surface area (Å²) in [5.41, 5.74) is -0.627. The third-order valence-electron chi connectivity index (χ3n) is 16.0. The Hall–Kier alpha value is -4.56. The van der Waals surface area contributed by atoms with Crippen LogP contribution in [0.3, 0.4) is 0 Å². The number of benzene rings is 2. The number of likely N-dealkylation sites (N-methyl/N-ethyl adjacent to an activating group) is 1. The van der Waals surface area contributed by atoms with E-state index in [4.69, 9.17) is 41.2 Å². The number of H-pyrrole nitrogens is 1. The van der Waals surface area contributed by atoms with Gasteiger partial charge in [0.15, 0.2) is 6.10 Å². The normalized spacial score (nSPS) is 36.6. The summed E-state index contributed by atoms with van der Waals surface area (Å²) in [6.07, 6.45) is 5.94. The van der Waals surface area contributed by atoms with Crippen LogP contribution in [0.15, 0.2) is 48.6 Å². The van der Waals surface area contributed by atoms with E-state index >= 15 is 4.79 Å². The number of para-hydroxylation sites is 1. The van der Waals surface area contributed by atoms with Gasteiger partial charge in [0.1, 0.15) is 16.8 Å². The van der Waals surface area contributed by atoms with E-state index in [-0.39, 0.29) is 23.7 Å². The monoisotopic (exact) mass is 906 g/mol. The number of carbonyl (C=O) groups is 3. The van der Waals surface area contributed by atoms with E-state index in [0.29, 0.717) is 50.1 Å². The molecule has 3 aromatic rings. The lowest BCUT2D eigenvalue weighted by atomic mass is 9.47. The van der Waals surface area contributed by atoms with Gasteiger partial charge in [0.2, 0.25) is 5.60 Å². The van der Waals surface area contributed by atoms with E-state index in [0.717, 1.165) is 59.5 Å². The number of ether oxygens (including phenoxy) is 5. The molecule has 11 unspecified atom stereocenters. The number of hydrogen-bond acceptors (Lipinski definition) is 14. The lowest BCUT2D eigenvalue weighted by Crippen LogP contribution is -2.81. The number of rotatable bonds is 7. The largest absolute Gasteiger partial charge is 0.496 e. The zero-order valence-corrected chi connectivity index (χ0v) is 38.1. The summed E-state index contributed by atoms with van der Waals surface area (Å²) in [6.45, 7) is 9.32. The maximum Gasteiger partial charge on any atom is 0.394 e. The zero-order valence-electron chi connectivity index (χ0n) is 37.3. The quantitative estimate of drug-likeness (QED) is 0.0878. The third kappa shape index (κ3) is 6.08. The highest BCUT2D eigenvalue weighted by Gasteiger charge is 2.80. The van der Waals surface area contributed by atoms with Gasteiger partial charge in [0, 0.05) is 96.9 Å². The molecular formula is C46H58N4O13S. The number of hydrogen-bond donors (Lipinski definition) is 4. The van der Waals surface area contributed by atoms with Crippen molar-refractivity contribution >= 4 is 44.9 Å². The van der Waals surface area contributed by atoms with Gasteiger partial charge in [-0.15, -0.1) is 0 Å². The van der Waals surface area contributed by atoms with Crippen molar-refractivity contribution in [2.45, 2.75) is 99.2 Å². The maximum atomic E-state index is 15.4. The number of nitrogens with one attached hydrogen (secondary N) is 1. The van der Waals surface area contributed by atoms with Crippen LogP contribution in [0.1, 0.15) is 68.8 Å². The minimum Gasteiger partial charge on any atom is -0.496 e. The molecule has 11 atom stereocenters. The standard InChI is InChI=1S/C46H56N4O9.H2O4S/c1-8-42-16-12-18-50-20-17-44(37(42)50)30-21-31(34(55-5)22-33(30)48(4)38(44)46(54,41(53)57-7)39(42)58-26(3)51)45(40(52)56-6)23-27-24-49(25-43(9-2)36(27)59-43)19-15-29-28-13-10-11-14-32(28)47-35(29)45;1-5(2,3)4/h10-14,16,21-22,27,36-39,47,54H,8-9,15,17-20,23-25H2,1-7H3;(H2,1,2,3,4). The lowest BCUT2D eigenvalue weighted by molar-refractivity contribution is -0.228. The number of epoxide rings is 1. The van der Waals surface area contributed by atoms with E-state index in [1.807, 2.05) is 37.1 Å². The average molecular weight is 907 g/mol. The van der Waals surface area contributed by atoms with Crippen molar-refractivity contribution in [3.05, 3.63) is 70.9 Å². The topological polar surface area (TPSA) is 221 Å². The SMILES string of the molecule is CCC12CN3CCc4c([nH]c5ccccc45)C(C(=O)OC)(c4cc5c(cc4OC)N(C)C4C(O)(C(=O)OC)C(OC(C)=O)C6(CC)C=CCN7CCC54C76)CC(C3)C1O2.O=S(=O)(O)O. The van der Waals surface area contributed by atoms with Gasteiger partial charge in [-0.3, -0.25) is 28.5 Å². The highest BCUT2D eigenvalue weighted by atomic mass is 32.3. The second kappa shape index (κ2) is 15.3. The molecule has 0 radical (unpaired) electrons. The summed E-state index contributed by atoms with van der Waals surface area (Å²) in [6, 6.07) is 11.2. The number of methoxy groups -OCH3 is 3. The molecule has 346 valence electrons. The first-order valence-corrected chi connectivity index (χ1v) is 23.4. The summed E-state index contributed by atoms with van der Waals surface area (Å²) in [7, 11) is 1.57. The highest BCUT2D eigenvalue weighted by molar-refractivity contribution is 7.79. The first kappa shape index (κ1) is 44.6. The van der Waals surface area contributed by atoms with Crippen LogP contribution in [0, 0.1) is 11.3 Å². The van der Waals surface area contributed by atoms with Gasteiger partial charge in [0.25, 0.3) is 0 Å².